The molecule has 5 heteroatoms. The summed E-state index contributed by atoms with van der Waals surface area (Å²) in [6.45, 7) is 6.72. The number of rotatable bonds is 7. The fraction of sp³-hybridized carbons (Fsp3) is 0.667. The Morgan fingerprint density at radius 3 is 2.88 bits per heavy atom. The molecule has 0 amide bonds. The molecule has 0 atom stereocenters. The van der Waals surface area contributed by atoms with E-state index in [2.05, 4.69) is 16.9 Å². The lowest BCUT2D eigenvalue weighted by molar-refractivity contribution is -0.143. The highest BCUT2D eigenvalue weighted by Gasteiger charge is 2.06. The van der Waals surface area contributed by atoms with Gasteiger partial charge in [0.2, 0.25) is 0 Å². The van der Waals surface area contributed by atoms with Crippen LogP contribution in [0.25, 0.3) is 0 Å². The van der Waals surface area contributed by atoms with Gasteiger partial charge in [0.05, 0.1) is 19.2 Å². The van der Waals surface area contributed by atoms with Gasteiger partial charge >= 0.3 is 5.97 Å². The molecule has 0 aliphatic rings. The number of ether oxygens (including phenoxy) is 1. The molecule has 5 nitrogen and oxygen atoms in total. The molecule has 0 saturated heterocycles. The molecule has 0 unspecified atom stereocenters. The van der Waals surface area contributed by atoms with E-state index >= 15 is 0 Å². The van der Waals surface area contributed by atoms with Gasteiger partial charge in [0, 0.05) is 31.4 Å². The summed E-state index contributed by atoms with van der Waals surface area (Å²) in [4.78, 5) is 13.3. The van der Waals surface area contributed by atoms with E-state index in [-0.39, 0.29) is 5.97 Å². The number of esters is 1. The van der Waals surface area contributed by atoms with Crippen molar-refractivity contribution in [2.75, 3.05) is 20.2 Å². The summed E-state index contributed by atoms with van der Waals surface area (Å²) in [7, 11) is 1.99. The van der Waals surface area contributed by atoms with E-state index in [0.717, 1.165) is 13.1 Å². The van der Waals surface area contributed by atoms with Crippen molar-refractivity contribution in [2.24, 2.45) is 0 Å². The minimum atomic E-state index is -0.136. The molecule has 0 spiro atoms. The van der Waals surface area contributed by atoms with Gasteiger partial charge in [-0.3, -0.25) is 9.48 Å². The number of nitrogens with zero attached hydrogens (tertiary/aromatic N) is 3. The van der Waals surface area contributed by atoms with E-state index in [0.29, 0.717) is 19.6 Å². The third-order valence-corrected chi connectivity index (χ3v) is 2.47. The molecule has 0 saturated carbocycles. The summed E-state index contributed by atoms with van der Waals surface area (Å²) >= 11 is 0. The molecule has 17 heavy (non-hydrogen) atoms. The van der Waals surface area contributed by atoms with Gasteiger partial charge < -0.3 is 9.64 Å². The molecule has 1 heterocycles. The maximum absolute atomic E-state index is 11.2. The second kappa shape index (κ2) is 7.06. The van der Waals surface area contributed by atoms with Crippen molar-refractivity contribution < 1.29 is 9.53 Å². The summed E-state index contributed by atoms with van der Waals surface area (Å²) in [6.07, 6.45) is 4.33. The van der Waals surface area contributed by atoms with Gasteiger partial charge in [-0.15, -0.1) is 0 Å². The van der Waals surface area contributed by atoms with E-state index in [1.54, 1.807) is 0 Å². The van der Waals surface area contributed by atoms with Crippen molar-refractivity contribution in [2.45, 2.75) is 33.4 Å². The Kier molecular flexibility index (Phi) is 5.69. The van der Waals surface area contributed by atoms with Crippen molar-refractivity contribution in [1.82, 2.24) is 14.7 Å². The third kappa shape index (κ3) is 4.99. The predicted octanol–water partition coefficient (Wildman–Crippen LogP) is 1.29. The van der Waals surface area contributed by atoms with Crippen molar-refractivity contribution in [3.05, 3.63) is 18.0 Å². The zero-order chi connectivity index (χ0) is 12.7. The van der Waals surface area contributed by atoms with Crippen LogP contribution in [0, 0.1) is 0 Å². The fourth-order valence-corrected chi connectivity index (χ4v) is 1.57. The minimum Gasteiger partial charge on any atom is -0.466 e. The van der Waals surface area contributed by atoms with Crippen LogP contribution in [0.15, 0.2) is 12.4 Å². The molecule has 0 N–H and O–H groups in total. The first-order valence-corrected chi connectivity index (χ1v) is 6.01. The van der Waals surface area contributed by atoms with Crippen LogP contribution in [0.3, 0.4) is 0 Å². The van der Waals surface area contributed by atoms with E-state index in [9.17, 15) is 4.79 Å². The molecule has 1 aromatic heterocycles. The third-order valence-electron chi connectivity index (χ3n) is 2.47. The van der Waals surface area contributed by atoms with Gasteiger partial charge in [0.25, 0.3) is 0 Å². The average Bonchev–Trinajstić information content (AvgIpc) is 2.74. The number of aromatic nitrogens is 2. The lowest BCUT2D eigenvalue weighted by Crippen LogP contribution is -2.22. The molecular weight excluding hydrogens is 218 g/mol. The van der Waals surface area contributed by atoms with Crippen LogP contribution in [0.5, 0.6) is 0 Å². The minimum absolute atomic E-state index is 0.136. The molecular formula is C12H21N3O2. The van der Waals surface area contributed by atoms with Crippen molar-refractivity contribution in [3.63, 3.8) is 0 Å². The SMILES string of the molecule is CCOC(=O)CCN(C)Cc1cnn(CC)c1. The molecule has 0 aliphatic carbocycles. The maximum atomic E-state index is 11.2. The van der Waals surface area contributed by atoms with E-state index < -0.39 is 0 Å². The second-order valence-electron chi connectivity index (χ2n) is 4.00. The summed E-state index contributed by atoms with van der Waals surface area (Å²) < 4.78 is 6.78. The van der Waals surface area contributed by atoms with E-state index in [1.165, 1.54) is 5.56 Å². The number of carbonyl (C=O) groups is 1. The monoisotopic (exact) mass is 239 g/mol. The topological polar surface area (TPSA) is 47.4 Å². The van der Waals surface area contributed by atoms with Gasteiger partial charge in [-0.25, -0.2) is 0 Å². The van der Waals surface area contributed by atoms with Crippen LogP contribution >= 0.6 is 0 Å². The second-order valence-corrected chi connectivity index (χ2v) is 4.00. The van der Waals surface area contributed by atoms with Gasteiger partial charge in [-0.2, -0.15) is 5.10 Å². The number of carbonyl (C=O) groups excluding carboxylic acids is 1. The molecule has 0 aliphatic heterocycles. The van der Waals surface area contributed by atoms with Crippen molar-refractivity contribution in [3.8, 4) is 0 Å². The number of hydrogen-bond acceptors (Lipinski definition) is 4. The summed E-state index contributed by atoms with van der Waals surface area (Å²) in [5.74, 6) is -0.136. The smallest absolute Gasteiger partial charge is 0.307 e. The van der Waals surface area contributed by atoms with Crippen LogP contribution < -0.4 is 0 Å². The Morgan fingerprint density at radius 2 is 2.29 bits per heavy atom. The average molecular weight is 239 g/mol. The summed E-state index contributed by atoms with van der Waals surface area (Å²) in [5.41, 5.74) is 1.17. The van der Waals surface area contributed by atoms with E-state index in [4.69, 9.17) is 4.74 Å². The Labute approximate surface area is 102 Å². The largest absolute Gasteiger partial charge is 0.466 e. The lowest BCUT2D eigenvalue weighted by atomic mass is 10.3. The van der Waals surface area contributed by atoms with E-state index in [1.807, 2.05) is 31.0 Å². The summed E-state index contributed by atoms with van der Waals surface area (Å²) in [5, 5.41) is 4.21. The Morgan fingerprint density at radius 1 is 1.53 bits per heavy atom. The molecule has 0 fully saturated rings. The zero-order valence-corrected chi connectivity index (χ0v) is 10.8. The molecule has 0 aromatic carbocycles. The zero-order valence-electron chi connectivity index (χ0n) is 10.8. The summed E-state index contributed by atoms with van der Waals surface area (Å²) in [6, 6.07) is 0. The highest BCUT2D eigenvalue weighted by Crippen LogP contribution is 2.03. The van der Waals surface area contributed by atoms with Crippen LogP contribution in [0.2, 0.25) is 0 Å². The highest BCUT2D eigenvalue weighted by atomic mass is 16.5. The standard InChI is InChI=1S/C12H21N3O2/c1-4-15-10-11(8-13-15)9-14(3)7-6-12(16)17-5-2/h8,10H,4-7,9H2,1-3H3. The van der Waals surface area contributed by atoms with Gasteiger partial charge in [-0.1, -0.05) is 0 Å². The number of hydrogen-bond donors (Lipinski definition) is 0. The molecule has 1 aromatic rings. The van der Waals surface area contributed by atoms with Gasteiger partial charge in [-0.05, 0) is 20.9 Å². The molecule has 0 bridgehead atoms. The van der Waals surface area contributed by atoms with Crippen molar-refractivity contribution in [1.29, 1.82) is 0 Å². The highest BCUT2D eigenvalue weighted by molar-refractivity contribution is 5.69. The van der Waals surface area contributed by atoms with Crippen molar-refractivity contribution >= 4 is 5.97 Å². The lowest BCUT2D eigenvalue weighted by Gasteiger charge is -2.14. The van der Waals surface area contributed by atoms with Gasteiger partial charge in [0.15, 0.2) is 0 Å². The van der Waals surface area contributed by atoms with Crippen LogP contribution in [-0.2, 0) is 22.6 Å². The molecule has 0 radical (unpaired) electrons. The first-order valence-electron chi connectivity index (χ1n) is 6.01. The quantitative estimate of drug-likeness (QED) is 0.673. The Balaban J connectivity index is 2.29. The maximum Gasteiger partial charge on any atom is 0.307 e. The first-order chi connectivity index (χ1) is 8.15. The molecule has 96 valence electrons. The van der Waals surface area contributed by atoms with Crippen LogP contribution in [-0.4, -0.2) is 40.8 Å². The fourth-order valence-electron chi connectivity index (χ4n) is 1.57. The van der Waals surface area contributed by atoms with Crippen LogP contribution in [0.1, 0.15) is 25.8 Å². The molecule has 1 rings (SSSR count). The Hall–Kier alpha value is -1.36. The van der Waals surface area contributed by atoms with Gasteiger partial charge in [0.1, 0.15) is 0 Å². The van der Waals surface area contributed by atoms with Crippen LogP contribution in [0.4, 0.5) is 0 Å². The predicted molar refractivity (Wildman–Crippen MR) is 65.5 cm³/mol. The normalized spacial score (nSPS) is 10.8. The first kappa shape index (κ1) is 13.7. The Bertz CT molecular complexity index is 349. The number of aryl methyl sites for hydroxylation is 1.